The molecule has 1 fully saturated rings. The van der Waals surface area contributed by atoms with E-state index in [9.17, 15) is 18.3 Å². The summed E-state index contributed by atoms with van der Waals surface area (Å²) in [5, 5.41) is 18.5. The molecule has 0 atom stereocenters. The summed E-state index contributed by atoms with van der Waals surface area (Å²) in [6.07, 6.45) is 3.34. The monoisotopic (exact) mass is 316 g/mol. The lowest BCUT2D eigenvalue weighted by Gasteiger charge is -2.40. The van der Waals surface area contributed by atoms with Crippen molar-refractivity contribution in [3.05, 3.63) is 18.0 Å². The molecule has 1 aliphatic rings. The van der Waals surface area contributed by atoms with Crippen LogP contribution in [0.1, 0.15) is 49.6 Å². The van der Waals surface area contributed by atoms with Crippen molar-refractivity contribution in [2.75, 3.05) is 6.61 Å². The molecule has 118 valence electrons. The first kappa shape index (κ1) is 16.0. The summed E-state index contributed by atoms with van der Waals surface area (Å²) in [5.74, 6) is -1.18. The second kappa shape index (κ2) is 5.43. The number of aliphatic hydroxyl groups is 1. The third-order valence-electron chi connectivity index (χ3n) is 3.87. The molecule has 1 saturated carbocycles. The molecule has 0 unspecified atom stereocenters. The van der Waals surface area contributed by atoms with Crippen molar-refractivity contribution in [2.24, 2.45) is 0 Å². The van der Waals surface area contributed by atoms with E-state index in [-0.39, 0.29) is 23.2 Å². The number of aromatic nitrogens is 1. The summed E-state index contributed by atoms with van der Waals surface area (Å²) in [6, 6.07) is 0.976. The van der Waals surface area contributed by atoms with Gasteiger partial charge < -0.3 is 14.8 Å². The minimum absolute atomic E-state index is 0.0722. The number of aromatic carboxylic acids is 1. The highest BCUT2D eigenvalue weighted by molar-refractivity contribution is 7.89. The number of hydrogen-bond acceptors (Lipinski definition) is 4. The van der Waals surface area contributed by atoms with E-state index in [1.165, 1.54) is 10.8 Å². The molecule has 0 amide bonds. The fourth-order valence-electron chi connectivity index (χ4n) is 2.44. The number of sulfonamides is 1. The number of nitrogens with one attached hydrogen (secondary N) is 1. The van der Waals surface area contributed by atoms with E-state index in [1.807, 2.05) is 0 Å². The summed E-state index contributed by atoms with van der Waals surface area (Å²) in [5.41, 5.74) is -0.876. The number of carboxylic acids is 1. The maximum atomic E-state index is 12.4. The molecule has 1 heterocycles. The first-order chi connectivity index (χ1) is 9.71. The second-order valence-corrected chi connectivity index (χ2v) is 7.45. The third kappa shape index (κ3) is 2.97. The molecule has 0 aliphatic heterocycles. The van der Waals surface area contributed by atoms with Crippen LogP contribution in [0.5, 0.6) is 0 Å². The molecule has 7 nitrogen and oxygen atoms in total. The van der Waals surface area contributed by atoms with Gasteiger partial charge in [0.25, 0.3) is 0 Å². The zero-order valence-corrected chi connectivity index (χ0v) is 12.9. The molecule has 1 aromatic rings. The standard InChI is InChI=1S/C13H20N2O5S/c1-9(2)15-7-10(6-11(15)12(17)18)21(19,20)14-13(8-16)4-3-5-13/h6-7,9,14,16H,3-5,8H2,1-2H3,(H,17,18). The van der Waals surface area contributed by atoms with Crippen molar-refractivity contribution in [1.82, 2.24) is 9.29 Å². The van der Waals surface area contributed by atoms with Crippen LogP contribution in [-0.4, -0.2) is 41.3 Å². The molecule has 0 bridgehead atoms. The molecular formula is C13H20N2O5S. The zero-order chi connectivity index (χ0) is 15.8. The van der Waals surface area contributed by atoms with Crippen LogP contribution in [0.4, 0.5) is 0 Å². The molecule has 1 aliphatic carbocycles. The highest BCUT2D eigenvalue weighted by Gasteiger charge is 2.40. The van der Waals surface area contributed by atoms with Crippen molar-refractivity contribution in [3.63, 3.8) is 0 Å². The lowest BCUT2D eigenvalue weighted by molar-refractivity contribution is 0.0683. The molecule has 21 heavy (non-hydrogen) atoms. The Kier molecular flexibility index (Phi) is 4.14. The Morgan fingerprint density at radius 3 is 2.43 bits per heavy atom. The van der Waals surface area contributed by atoms with E-state index in [0.29, 0.717) is 12.8 Å². The minimum atomic E-state index is -3.85. The van der Waals surface area contributed by atoms with E-state index in [2.05, 4.69) is 4.72 Å². The van der Waals surface area contributed by atoms with Crippen LogP contribution >= 0.6 is 0 Å². The summed E-state index contributed by atoms with van der Waals surface area (Å²) < 4.78 is 28.7. The topological polar surface area (TPSA) is 109 Å². The average Bonchev–Trinajstić information content (AvgIpc) is 2.80. The first-order valence-electron chi connectivity index (χ1n) is 6.81. The maximum Gasteiger partial charge on any atom is 0.352 e. The number of carbonyl (C=O) groups is 1. The number of carboxylic acid groups (broad SMARTS) is 1. The van der Waals surface area contributed by atoms with Crippen molar-refractivity contribution in [3.8, 4) is 0 Å². The minimum Gasteiger partial charge on any atom is -0.477 e. The SMILES string of the molecule is CC(C)n1cc(S(=O)(=O)NC2(CO)CCC2)cc1C(=O)O. The quantitative estimate of drug-likeness (QED) is 0.724. The van der Waals surface area contributed by atoms with Gasteiger partial charge in [0.1, 0.15) is 10.6 Å². The smallest absolute Gasteiger partial charge is 0.352 e. The van der Waals surface area contributed by atoms with Gasteiger partial charge in [0, 0.05) is 12.2 Å². The van der Waals surface area contributed by atoms with Crippen LogP contribution in [0.25, 0.3) is 0 Å². The predicted octanol–water partition coefficient (Wildman–Crippen LogP) is 0.960. The van der Waals surface area contributed by atoms with Crippen LogP contribution in [0.3, 0.4) is 0 Å². The normalized spacial score (nSPS) is 17.7. The Labute approximate surface area is 123 Å². The number of nitrogens with zero attached hydrogens (tertiary/aromatic N) is 1. The van der Waals surface area contributed by atoms with Crippen LogP contribution < -0.4 is 4.72 Å². The van der Waals surface area contributed by atoms with Gasteiger partial charge in [-0.25, -0.2) is 17.9 Å². The summed E-state index contributed by atoms with van der Waals surface area (Å²) >= 11 is 0. The van der Waals surface area contributed by atoms with Gasteiger partial charge in [-0.15, -0.1) is 0 Å². The molecule has 0 aromatic carbocycles. The van der Waals surface area contributed by atoms with Gasteiger partial charge in [-0.05, 0) is 39.2 Å². The maximum absolute atomic E-state index is 12.4. The van der Waals surface area contributed by atoms with Crippen molar-refractivity contribution < 1.29 is 23.4 Å². The van der Waals surface area contributed by atoms with Crippen LogP contribution in [0, 0.1) is 0 Å². The van der Waals surface area contributed by atoms with E-state index < -0.39 is 21.5 Å². The zero-order valence-electron chi connectivity index (χ0n) is 12.0. The highest BCUT2D eigenvalue weighted by Crippen LogP contribution is 2.33. The van der Waals surface area contributed by atoms with Gasteiger partial charge in [-0.2, -0.15) is 0 Å². The van der Waals surface area contributed by atoms with Crippen LogP contribution in [0.15, 0.2) is 17.2 Å². The van der Waals surface area contributed by atoms with Gasteiger partial charge >= 0.3 is 5.97 Å². The lowest BCUT2D eigenvalue weighted by atomic mass is 9.78. The van der Waals surface area contributed by atoms with E-state index in [1.54, 1.807) is 13.8 Å². The van der Waals surface area contributed by atoms with Crippen LogP contribution in [0.2, 0.25) is 0 Å². The summed E-state index contributed by atoms with van der Waals surface area (Å²) in [4.78, 5) is 11.1. The molecule has 0 radical (unpaired) electrons. The Morgan fingerprint density at radius 1 is 1.48 bits per heavy atom. The predicted molar refractivity (Wildman–Crippen MR) is 75.8 cm³/mol. The average molecular weight is 316 g/mol. The van der Waals surface area contributed by atoms with E-state index >= 15 is 0 Å². The molecular weight excluding hydrogens is 296 g/mol. The van der Waals surface area contributed by atoms with Crippen molar-refractivity contribution >= 4 is 16.0 Å². The molecule has 8 heteroatoms. The number of rotatable bonds is 6. The number of hydrogen-bond donors (Lipinski definition) is 3. The van der Waals surface area contributed by atoms with Gasteiger partial charge in [0.2, 0.25) is 10.0 Å². The Bertz CT molecular complexity index is 638. The van der Waals surface area contributed by atoms with Crippen LogP contribution in [-0.2, 0) is 10.0 Å². The van der Waals surface area contributed by atoms with Crippen molar-refractivity contribution in [2.45, 2.75) is 49.6 Å². The summed E-state index contributed by atoms with van der Waals surface area (Å²) in [7, 11) is -3.85. The molecule has 0 saturated heterocycles. The Hall–Kier alpha value is -1.38. The third-order valence-corrected chi connectivity index (χ3v) is 5.42. The molecule has 1 aromatic heterocycles. The summed E-state index contributed by atoms with van der Waals surface area (Å²) in [6.45, 7) is 3.29. The van der Waals surface area contributed by atoms with E-state index in [0.717, 1.165) is 12.5 Å². The van der Waals surface area contributed by atoms with Gasteiger partial charge in [0.15, 0.2) is 0 Å². The fraction of sp³-hybridized carbons (Fsp3) is 0.615. The van der Waals surface area contributed by atoms with Gasteiger partial charge in [0.05, 0.1) is 12.1 Å². The van der Waals surface area contributed by atoms with Gasteiger partial charge in [-0.3, -0.25) is 0 Å². The molecule has 0 spiro atoms. The number of aliphatic hydroxyl groups excluding tert-OH is 1. The fourth-order valence-corrected chi connectivity index (χ4v) is 3.92. The Morgan fingerprint density at radius 2 is 2.10 bits per heavy atom. The molecule has 2 rings (SSSR count). The largest absolute Gasteiger partial charge is 0.477 e. The van der Waals surface area contributed by atoms with E-state index in [4.69, 9.17) is 5.11 Å². The lowest BCUT2D eigenvalue weighted by Crippen LogP contribution is -2.55. The highest BCUT2D eigenvalue weighted by atomic mass is 32.2. The molecule has 3 N–H and O–H groups in total. The van der Waals surface area contributed by atoms with Gasteiger partial charge in [-0.1, -0.05) is 0 Å². The second-order valence-electron chi connectivity index (χ2n) is 5.76. The van der Waals surface area contributed by atoms with Crippen molar-refractivity contribution in [1.29, 1.82) is 0 Å². The first-order valence-corrected chi connectivity index (χ1v) is 8.29. The Balaban J connectivity index is 2.36.